The number of hydrogen-bond acceptors (Lipinski definition) is 7. The fraction of sp³-hybridized carbons (Fsp3) is 0.333. The van der Waals surface area contributed by atoms with E-state index in [1.165, 1.54) is 24.3 Å². The summed E-state index contributed by atoms with van der Waals surface area (Å²) >= 11 is 0. The first kappa shape index (κ1) is 21.8. The van der Waals surface area contributed by atoms with E-state index >= 15 is 0 Å². The van der Waals surface area contributed by atoms with Gasteiger partial charge in [0.2, 0.25) is 0 Å². The predicted octanol–water partition coefficient (Wildman–Crippen LogP) is 2.09. The number of rotatable bonds is 6. The van der Waals surface area contributed by atoms with Crippen molar-refractivity contribution in [2.75, 3.05) is 32.9 Å². The number of aryl methyl sites for hydroxylation is 2. The van der Waals surface area contributed by atoms with Gasteiger partial charge in [-0.15, -0.1) is 0 Å². The van der Waals surface area contributed by atoms with Crippen LogP contribution in [0.25, 0.3) is 0 Å². The number of benzene rings is 2. The third kappa shape index (κ3) is 5.37. The van der Waals surface area contributed by atoms with E-state index < -0.39 is 16.1 Å². The van der Waals surface area contributed by atoms with Crippen LogP contribution in [0.2, 0.25) is 0 Å². The molecule has 0 aromatic heterocycles. The van der Waals surface area contributed by atoms with Crippen molar-refractivity contribution in [3.63, 3.8) is 0 Å². The van der Waals surface area contributed by atoms with Crippen molar-refractivity contribution in [1.29, 1.82) is 0 Å². The molecule has 0 bridgehead atoms. The molecule has 1 aliphatic heterocycles. The number of hydrogen-bond donors (Lipinski definition) is 0. The number of carbonyl (C=O) groups is 2. The number of carbonyl (C=O) groups excluding carboxylic acids is 2. The van der Waals surface area contributed by atoms with Crippen molar-refractivity contribution in [2.45, 2.75) is 18.7 Å². The van der Waals surface area contributed by atoms with Crippen LogP contribution < -0.4 is 4.18 Å². The first-order valence-corrected chi connectivity index (χ1v) is 10.8. The molecule has 0 atom stereocenters. The molecular formula is C21H23NO7S. The third-order valence-electron chi connectivity index (χ3n) is 4.60. The number of morpholine rings is 1. The highest BCUT2D eigenvalue weighted by molar-refractivity contribution is 7.87. The minimum absolute atomic E-state index is 0.0665. The Morgan fingerprint density at radius 1 is 1.03 bits per heavy atom. The number of amides is 1. The number of nitrogens with zero attached hydrogens (tertiary/aromatic N) is 1. The highest BCUT2D eigenvalue weighted by Crippen LogP contribution is 2.23. The average molecular weight is 433 g/mol. The van der Waals surface area contributed by atoms with E-state index in [2.05, 4.69) is 0 Å². The molecule has 1 heterocycles. The summed E-state index contributed by atoms with van der Waals surface area (Å²) in [6.45, 7) is 4.99. The summed E-state index contributed by atoms with van der Waals surface area (Å²) in [5.41, 5.74) is 1.56. The molecular weight excluding hydrogens is 410 g/mol. The monoisotopic (exact) mass is 433 g/mol. The molecule has 2 aromatic carbocycles. The smallest absolute Gasteiger partial charge is 0.339 e. The zero-order valence-corrected chi connectivity index (χ0v) is 17.6. The van der Waals surface area contributed by atoms with Gasteiger partial charge in [-0.05, 0) is 55.3 Å². The summed E-state index contributed by atoms with van der Waals surface area (Å²) in [6, 6.07) is 10.6. The van der Waals surface area contributed by atoms with E-state index in [4.69, 9.17) is 13.7 Å². The normalized spacial score (nSPS) is 14.3. The minimum atomic E-state index is -4.01. The van der Waals surface area contributed by atoms with Crippen molar-refractivity contribution in [3.8, 4) is 5.75 Å². The van der Waals surface area contributed by atoms with Crippen molar-refractivity contribution in [2.24, 2.45) is 0 Å². The summed E-state index contributed by atoms with van der Waals surface area (Å²) in [5, 5.41) is 0. The van der Waals surface area contributed by atoms with Crippen molar-refractivity contribution in [3.05, 3.63) is 59.2 Å². The van der Waals surface area contributed by atoms with Gasteiger partial charge in [-0.3, -0.25) is 4.79 Å². The zero-order chi connectivity index (χ0) is 21.7. The average Bonchev–Trinajstić information content (AvgIpc) is 2.74. The Morgan fingerprint density at radius 3 is 2.37 bits per heavy atom. The van der Waals surface area contributed by atoms with Gasteiger partial charge in [0.15, 0.2) is 6.61 Å². The molecule has 0 saturated carbocycles. The van der Waals surface area contributed by atoms with Crippen LogP contribution in [0.1, 0.15) is 21.5 Å². The maximum atomic E-state index is 12.6. The highest BCUT2D eigenvalue weighted by atomic mass is 32.2. The summed E-state index contributed by atoms with van der Waals surface area (Å²) < 4.78 is 40.5. The van der Waals surface area contributed by atoms with Gasteiger partial charge in [-0.25, -0.2) is 4.79 Å². The lowest BCUT2D eigenvalue weighted by Gasteiger charge is -2.26. The van der Waals surface area contributed by atoms with Crippen LogP contribution in [0.5, 0.6) is 5.75 Å². The zero-order valence-electron chi connectivity index (χ0n) is 16.8. The van der Waals surface area contributed by atoms with Crippen molar-refractivity contribution >= 4 is 22.0 Å². The lowest BCUT2D eigenvalue weighted by atomic mass is 10.2. The second-order valence-electron chi connectivity index (χ2n) is 6.90. The molecule has 1 fully saturated rings. The third-order valence-corrected chi connectivity index (χ3v) is 5.99. The fourth-order valence-electron chi connectivity index (χ4n) is 2.91. The molecule has 0 aliphatic carbocycles. The van der Waals surface area contributed by atoms with Crippen LogP contribution in [-0.2, 0) is 24.4 Å². The van der Waals surface area contributed by atoms with Gasteiger partial charge in [0, 0.05) is 13.1 Å². The van der Waals surface area contributed by atoms with Crippen LogP contribution >= 0.6 is 0 Å². The summed E-state index contributed by atoms with van der Waals surface area (Å²) in [5.74, 6) is -0.899. The van der Waals surface area contributed by atoms with Crippen LogP contribution in [0.3, 0.4) is 0 Å². The van der Waals surface area contributed by atoms with Crippen LogP contribution in [0.15, 0.2) is 47.4 Å². The van der Waals surface area contributed by atoms with Gasteiger partial charge in [-0.2, -0.15) is 8.42 Å². The summed E-state index contributed by atoms with van der Waals surface area (Å²) in [7, 11) is -4.01. The molecule has 0 unspecified atom stereocenters. The van der Waals surface area contributed by atoms with Gasteiger partial charge in [0.25, 0.3) is 5.91 Å². The number of esters is 1. The topological polar surface area (TPSA) is 99.2 Å². The number of ether oxygens (including phenoxy) is 2. The molecule has 2 aromatic rings. The SMILES string of the molecule is Cc1ccc(C)c(S(=O)(=O)Oc2ccc(C(=O)OCC(=O)N3CCOCC3)cc2)c1. The molecule has 3 rings (SSSR count). The molecule has 8 nitrogen and oxygen atoms in total. The Bertz CT molecular complexity index is 1030. The molecule has 0 spiro atoms. The van der Waals surface area contributed by atoms with Gasteiger partial charge in [-0.1, -0.05) is 12.1 Å². The molecule has 9 heteroatoms. The maximum absolute atomic E-state index is 12.6. The Hall–Kier alpha value is -2.91. The molecule has 30 heavy (non-hydrogen) atoms. The van der Waals surface area contributed by atoms with E-state index in [-0.39, 0.29) is 28.7 Å². The van der Waals surface area contributed by atoms with E-state index in [1.807, 2.05) is 6.07 Å². The van der Waals surface area contributed by atoms with Crippen molar-refractivity contribution < 1.29 is 31.7 Å². The van der Waals surface area contributed by atoms with E-state index in [0.717, 1.165) is 5.56 Å². The highest BCUT2D eigenvalue weighted by Gasteiger charge is 2.21. The second-order valence-corrected chi connectivity index (χ2v) is 8.41. The molecule has 1 saturated heterocycles. The van der Waals surface area contributed by atoms with E-state index in [9.17, 15) is 18.0 Å². The van der Waals surface area contributed by atoms with E-state index in [1.54, 1.807) is 30.9 Å². The largest absolute Gasteiger partial charge is 0.452 e. The van der Waals surface area contributed by atoms with Crippen LogP contribution in [0, 0.1) is 13.8 Å². The quantitative estimate of drug-likeness (QED) is 0.508. The fourth-order valence-corrected chi connectivity index (χ4v) is 4.16. The van der Waals surface area contributed by atoms with Crippen molar-refractivity contribution in [1.82, 2.24) is 4.90 Å². The summed E-state index contributed by atoms with van der Waals surface area (Å²) in [4.78, 5) is 25.9. The first-order chi connectivity index (χ1) is 14.3. The molecule has 0 radical (unpaired) electrons. The minimum Gasteiger partial charge on any atom is -0.452 e. The Balaban J connectivity index is 1.60. The molecule has 0 N–H and O–H groups in total. The Morgan fingerprint density at radius 2 is 1.70 bits per heavy atom. The first-order valence-electron chi connectivity index (χ1n) is 9.41. The van der Waals surface area contributed by atoms with Gasteiger partial charge in [0.05, 0.1) is 18.8 Å². The molecule has 160 valence electrons. The molecule has 1 amide bonds. The van der Waals surface area contributed by atoms with E-state index in [0.29, 0.717) is 31.9 Å². The predicted molar refractivity (Wildman–Crippen MR) is 108 cm³/mol. The Labute approximate surface area is 175 Å². The maximum Gasteiger partial charge on any atom is 0.339 e. The van der Waals surface area contributed by atoms with Crippen LogP contribution in [0.4, 0.5) is 0 Å². The second kappa shape index (κ2) is 9.27. The van der Waals surface area contributed by atoms with Gasteiger partial charge < -0.3 is 18.6 Å². The summed E-state index contributed by atoms with van der Waals surface area (Å²) in [6.07, 6.45) is 0. The Kier molecular flexibility index (Phi) is 6.73. The van der Waals surface area contributed by atoms with Gasteiger partial charge in [0.1, 0.15) is 10.6 Å². The van der Waals surface area contributed by atoms with Crippen LogP contribution in [-0.4, -0.2) is 58.1 Å². The standard InChI is InChI=1S/C21H23NO7S/c1-15-3-4-16(2)19(13-15)30(25,26)29-18-7-5-17(6-8-18)21(24)28-14-20(23)22-9-11-27-12-10-22/h3-8,13H,9-12,14H2,1-2H3. The molecule has 1 aliphatic rings. The van der Waals surface area contributed by atoms with Gasteiger partial charge >= 0.3 is 16.1 Å². The lowest BCUT2D eigenvalue weighted by molar-refractivity contribution is -0.138. The lowest BCUT2D eigenvalue weighted by Crippen LogP contribution is -2.42.